The number of amides is 2. The number of carboxylic acid groups (broad SMARTS) is 1. The minimum atomic E-state index is -4.74. The number of carbonyl (C=O) groups is 3. The number of benzene rings is 2. The van der Waals surface area contributed by atoms with Crippen LogP contribution in [0.1, 0.15) is 36.8 Å². The van der Waals surface area contributed by atoms with E-state index in [0.29, 0.717) is 0 Å². The smallest absolute Gasteiger partial charge is 0.407 e. The highest BCUT2D eigenvalue weighted by atomic mass is 19.4. The first kappa shape index (κ1) is 25.1. The van der Waals surface area contributed by atoms with Crippen molar-refractivity contribution in [2.45, 2.75) is 37.9 Å². The van der Waals surface area contributed by atoms with Crippen molar-refractivity contribution >= 4 is 18.0 Å². The second-order valence-electron chi connectivity index (χ2n) is 8.04. The Hall–Kier alpha value is -3.56. The van der Waals surface area contributed by atoms with Crippen LogP contribution >= 0.6 is 0 Å². The molecule has 3 rings (SSSR count). The Morgan fingerprint density at radius 3 is 2.12 bits per heavy atom. The van der Waals surface area contributed by atoms with Crippen molar-refractivity contribution in [3.05, 3.63) is 59.7 Å². The van der Waals surface area contributed by atoms with Crippen molar-refractivity contribution in [2.75, 3.05) is 19.7 Å². The van der Waals surface area contributed by atoms with Gasteiger partial charge in [0.05, 0.1) is 0 Å². The number of nitrogens with zero attached hydrogens (tertiary/aromatic N) is 1. The Bertz CT molecular complexity index is 1010. The lowest BCUT2D eigenvalue weighted by atomic mass is 9.98. The maximum Gasteiger partial charge on any atom is 0.407 e. The molecule has 2 N–H and O–H groups in total. The van der Waals surface area contributed by atoms with Crippen molar-refractivity contribution in [3.63, 3.8) is 0 Å². The monoisotopic (exact) mass is 478 g/mol. The lowest BCUT2D eigenvalue weighted by molar-refractivity contribution is -0.166. The predicted octanol–water partition coefficient (Wildman–Crippen LogP) is 4.17. The zero-order chi connectivity index (χ0) is 24.9. The van der Waals surface area contributed by atoms with Gasteiger partial charge in [-0.1, -0.05) is 55.5 Å². The first-order chi connectivity index (χ1) is 16.1. The summed E-state index contributed by atoms with van der Waals surface area (Å²) >= 11 is 0. The molecule has 0 radical (unpaired) electrons. The van der Waals surface area contributed by atoms with Crippen LogP contribution in [0.2, 0.25) is 0 Å². The molecule has 1 aliphatic rings. The Labute approximate surface area is 194 Å². The van der Waals surface area contributed by atoms with Gasteiger partial charge in [-0.25, -0.2) is 4.79 Å². The Kier molecular flexibility index (Phi) is 7.80. The molecule has 0 unspecified atom stereocenters. The van der Waals surface area contributed by atoms with E-state index < -0.39 is 49.7 Å². The quantitative estimate of drug-likeness (QED) is 0.564. The molecule has 0 heterocycles. The second-order valence-corrected chi connectivity index (χ2v) is 8.04. The largest absolute Gasteiger partial charge is 0.480 e. The van der Waals surface area contributed by atoms with Crippen molar-refractivity contribution in [3.8, 4) is 11.1 Å². The van der Waals surface area contributed by atoms with Gasteiger partial charge in [0, 0.05) is 18.4 Å². The third-order valence-corrected chi connectivity index (χ3v) is 5.63. The predicted molar refractivity (Wildman–Crippen MR) is 117 cm³/mol. The van der Waals surface area contributed by atoms with E-state index in [0.717, 1.165) is 22.3 Å². The molecule has 10 heteroatoms. The third kappa shape index (κ3) is 6.27. The number of carbonyl (C=O) groups excluding carboxylic acids is 2. The summed E-state index contributed by atoms with van der Waals surface area (Å²) in [6, 6.07) is 14.8. The third-order valence-electron chi connectivity index (χ3n) is 5.63. The highest BCUT2D eigenvalue weighted by Crippen LogP contribution is 2.44. The summed E-state index contributed by atoms with van der Waals surface area (Å²) in [4.78, 5) is 35.8. The summed E-state index contributed by atoms with van der Waals surface area (Å²) in [6.45, 7) is -1.07. The van der Waals surface area contributed by atoms with Crippen LogP contribution in [0.25, 0.3) is 11.1 Å². The van der Waals surface area contributed by atoms with Gasteiger partial charge in [0.1, 0.15) is 19.7 Å². The molecule has 2 amide bonds. The van der Waals surface area contributed by atoms with Gasteiger partial charge in [-0.05, 0) is 28.7 Å². The molecule has 34 heavy (non-hydrogen) atoms. The van der Waals surface area contributed by atoms with Crippen LogP contribution in [0.5, 0.6) is 0 Å². The Morgan fingerprint density at radius 2 is 1.62 bits per heavy atom. The van der Waals surface area contributed by atoms with Crippen LogP contribution in [0.4, 0.5) is 18.0 Å². The number of rotatable bonds is 9. The van der Waals surface area contributed by atoms with Gasteiger partial charge in [-0.2, -0.15) is 13.2 Å². The van der Waals surface area contributed by atoms with Crippen LogP contribution < -0.4 is 5.32 Å². The fraction of sp³-hybridized carbons (Fsp3) is 0.375. The number of halogens is 3. The van der Waals surface area contributed by atoms with Gasteiger partial charge in [0.15, 0.2) is 0 Å². The highest BCUT2D eigenvalue weighted by molar-refractivity contribution is 5.82. The number of alkyl halides is 3. The molecule has 2 aromatic rings. The Morgan fingerprint density at radius 1 is 1.06 bits per heavy atom. The van der Waals surface area contributed by atoms with Crippen molar-refractivity contribution in [2.24, 2.45) is 0 Å². The van der Waals surface area contributed by atoms with Gasteiger partial charge < -0.3 is 20.1 Å². The van der Waals surface area contributed by atoms with E-state index in [9.17, 15) is 27.6 Å². The van der Waals surface area contributed by atoms with Crippen molar-refractivity contribution < 1.29 is 37.4 Å². The maximum absolute atomic E-state index is 12.7. The summed E-state index contributed by atoms with van der Waals surface area (Å²) in [5.74, 6) is -2.75. The molecule has 0 saturated carbocycles. The average molecular weight is 478 g/mol. The molecule has 182 valence electrons. The number of aliphatic carboxylic acids is 1. The van der Waals surface area contributed by atoms with E-state index >= 15 is 0 Å². The summed E-state index contributed by atoms with van der Waals surface area (Å²) in [5.41, 5.74) is 4.17. The van der Waals surface area contributed by atoms with E-state index in [1.54, 1.807) is 6.92 Å². The van der Waals surface area contributed by atoms with Gasteiger partial charge in [0.2, 0.25) is 5.91 Å². The lowest BCUT2D eigenvalue weighted by Crippen LogP contribution is -2.45. The topological polar surface area (TPSA) is 95.9 Å². The van der Waals surface area contributed by atoms with Crippen LogP contribution in [-0.4, -0.2) is 59.9 Å². The molecule has 0 saturated heterocycles. The fourth-order valence-corrected chi connectivity index (χ4v) is 4.06. The minimum Gasteiger partial charge on any atom is -0.480 e. The van der Waals surface area contributed by atoms with Gasteiger partial charge in [-0.3, -0.25) is 9.59 Å². The molecule has 2 aromatic carbocycles. The number of hydrogen-bond acceptors (Lipinski definition) is 4. The molecule has 0 aromatic heterocycles. The number of ether oxygens (including phenoxy) is 1. The molecule has 1 atom stereocenters. The van der Waals surface area contributed by atoms with Crippen LogP contribution in [0, 0.1) is 0 Å². The van der Waals surface area contributed by atoms with Crippen LogP contribution in [0.3, 0.4) is 0 Å². The lowest BCUT2D eigenvalue weighted by Gasteiger charge is -2.25. The normalized spacial score (nSPS) is 13.5. The van der Waals surface area contributed by atoms with Gasteiger partial charge in [0.25, 0.3) is 0 Å². The van der Waals surface area contributed by atoms with Crippen molar-refractivity contribution in [1.29, 1.82) is 0 Å². The second kappa shape index (κ2) is 10.6. The summed E-state index contributed by atoms with van der Waals surface area (Å²) in [5, 5.41) is 11.3. The molecule has 0 fully saturated rings. The summed E-state index contributed by atoms with van der Waals surface area (Å²) < 4.78 is 43.6. The number of hydrogen-bond donors (Lipinski definition) is 2. The number of carboxylic acids is 1. The summed E-state index contributed by atoms with van der Waals surface area (Å²) in [7, 11) is 0. The number of fused-ring (bicyclic) bond motifs is 3. The first-order valence-corrected chi connectivity index (χ1v) is 10.8. The Balaban J connectivity index is 1.60. The minimum absolute atomic E-state index is 0.0451. The van der Waals surface area contributed by atoms with E-state index in [1.807, 2.05) is 48.5 Å². The fourth-order valence-electron chi connectivity index (χ4n) is 4.06. The SMILES string of the molecule is CC[C@H](CC(=O)N(CC(=O)O)CC(F)(F)F)NC(=O)OCC1c2ccccc2-c2ccccc21. The van der Waals surface area contributed by atoms with E-state index in [-0.39, 0.29) is 23.8 Å². The molecule has 0 aliphatic heterocycles. The van der Waals surface area contributed by atoms with E-state index in [4.69, 9.17) is 9.84 Å². The maximum atomic E-state index is 12.7. The standard InChI is InChI=1S/C24H25F3N2O5/c1-2-15(11-21(30)29(12-22(31)32)14-24(25,26)27)28-23(33)34-13-20-18-9-5-3-7-16(18)17-8-4-6-10-19(17)20/h3-10,15,20H,2,11-14H2,1H3,(H,28,33)(H,31,32)/t15-/m1/s1. The number of alkyl carbamates (subject to hydrolysis) is 1. The van der Waals surface area contributed by atoms with Gasteiger partial charge in [-0.15, -0.1) is 0 Å². The molecule has 1 aliphatic carbocycles. The molecule has 7 nitrogen and oxygen atoms in total. The van der Waals surface area contributed by atoms with E-state index in [1.165, 1.54) is 0 Å². The zero-order valence-corrected chi connectivity index (χ0v) is 18.5. The average Bonchev–Trinajstić information content (AvgIpc) is 3.09. The molecular weight excluding hydrogens is 453 g/mol. The molecule has 0 spiro atoms. The van der Waals surface area contributed by atoms with E-state index in [2.05, 4.69) is 5.32 Å². The first-order valence-electron chi connectivity index (χ1n) is 10.8. The van der Waals surface area contributed by atoms with Crippen LogP contribution in [0.15, 0.2) is 48.5 Å². The van der Waals surface area contributed by atoms with Gasteiger partial charge >= 0.3 is 18.2 Å². The molecule has 0 bridgehead atoms. The molecular formula is C24H25F3N2O5. The zero-order valence-electron chi connectivity index (χ0n) is 18.5. The van der Waals surface area contributed by atoms with Crippen LogP contribution in [-0.2, 0) is 14.3 Å². The summed E-state index contributed by atoms with van der Waals surface area (Å²) in [6.07, 6.45) is -5.79. The number of nitrogens with one attached hydrogen (secondary N) is 1. The highest BCUT2D eigenvalue weighted by Gasteiger charge is 2.35. The van der Waals surface area contributed by atoms with Crippen molar-refractivity contribution in [1.82, 2.24) is 10.2 Å².